The zero-order valence-corrected chi connectivity index (χ0v) is 18.8. The van der Waals surface area contributed by atoms with Gasteiger partial charge in [0.15, 0.2) is 0 Å². The van der Waals surface area contributed by atoms with Crippen LogP contribution in [-0.4, -0.2) is 41.0 Å². The second-order valence-electron chi connectivity index (χ2n) is 8.71. The highest BCUT2D eigenvalue weighted by Gasteiger charge is 2.41. The number of aliphatic carboxylic acids is 1. The molecule has 0 radical (unpaired) electrons. The summed E-state index contributed by atoms with van der Waals surface area (Å²) in [6, 6.07) is 16.7. The van der Waals surface area contributed by atoms with E-state index < -0.39 is 5.97 Å². The molecule has 3 heterocycles. The van der Waals surface area contributed by atoms with E-state index in [9.17, 15) is 15.2 Å². The van der Waals surface area contributed by atoms with E-state index in [1.807, 2.05) is 24.3 Å². The van der Waals surface area contributed by atoms with Gasteiger partial charge in [-0.1, -0.05) is 29.8 Å². The third kappa shape index (κ3) is 4.56. The summed E-state index contributed by atoms with van der Waals surface area (Å²) in [7, 11) is 0. The molecule has 0 amide bonds. The number of aromatic nitrogens is 6. The van der Waals surface area contributed by atoms with Crippen LogP contribution in [0.2, 0.25) is 0 Å². The summed E-state index contributed by atoms with van der Waals surface area (Å²) in [4.78, 5) is 24.7. The van der Waals surface area contributed by atoms with Crippen molar-refractivity contribution in [3.63, 3.8) is 0 Å². The average Bonchev–Trinajstić information content (AvgIpc) is 3.29. The van der Waals surface area contributed by atoms with Crippen LogP contribution >= 0.6 is 0 Å². The number of nitrogens with two attached hydrogens (primary N) is 1. The molecule has 1 fully saturated rings. The van der Waals surface area contributed by atoms with Crippen LogP contribution in [0.25, 0.3) is 22.6 Å². The van der Waals surface area contributed by atoms with Crippen molar-refractivity contribution in [3.8, 4) is 28.7 Å². The van der Waals surface area contributed by atoms with Gasteiger partial charge in [0.25, 0.3) is 0 Å². The van der Waals surface area contributed by atoms with E-state index in [-0.39, 0.29) is 17.8 Å². The molecule has 0 atom stereocenters. The van der Waals surface area contributed by atoms with E-state index in [1.165, 1.54) is 0 Å². The van der Waals surface area contributed by atoms with Gasteiger partial charge >= 0.3 is 5.97 Å². The number of pyridine rings is 1. The summed E-state index contributed by atoms with van der Waals surface area (Å²) in [6.45, 7) is 0.377. The van der Waals surface area contributed by atoms with Crippen LogP contribution in [0.3, 0.4) is 0 Å². The van der Waals surface area contributed by atoms with E-state index in [4.69, 9.17) is 10.7 Å². The number of hydrogen-bond acceptors (Lipinski definition) is 8. The van der Waals surface area contributed by atoms with Gasteiger partial charge in [0, 0.05) is 16.7 Å². The number of anilines is 1. The van der Waals surface area contributed by atoms with Crippen molar-refractivity contribution in [3.05, 3.63) is 71.7 Å². The summed E-state index contributed by atoms with van der Waals surface area (Å²) in [5.74, 6) is -0.714. The predicted molar refractivity (Wildman–Crippen MR) is 127 cm³/mol. The van der Waals surface area contributed by atoms with Crippen molar-refractivity contribution >= 4 is 11.9 Å². The van der Waals surface area contributed by atoms with Crippen LogP contribution in [0.1, 0.15) is 42.6 Å². The van der Waals surface area contributed by atoms with Gasteiger partial charge in [-0.15, -0.1) is 5.10 Å². The Morgan fingerprint density at radius 2 is 1.89 bits per heavy atom. The highest BCUT2D eigenvalue weighted by Crippen LogP contribution is 2.45. The Kier molecular flexibility index (Phi) is 5.66. The van der Waals surface area contributed by atoms with Crippen LogP contribution in [-0.2, 0) is 16.8 Å². The fraction of sp³-hybridized carbons (Fsp3) is 0.240. The number of nitriles is 1. The molecule has 10 heteroatoms. The van der Waals surface area contributed by atoms with Crippen LogP contribution in [0.4, 0.5) is 5.95 Å². The van der Waals surface area contributed by atoms with Crippen LogP contribution < -0.4 is 5.73 Å². The number of hydrogen-bond donors (Lipinski definition) is 2. The summed E-state index contributed by atoms with van der Waals surface area (Å²) in [6.07, 6.45) is 4.51. The molecule has 0 unspecified atom stereocenters. The molecule has 1 aliphatic carbocycles. The second-order valence-corrected chi connectivity index (χ2v) is 8.71. The lowest BCUT2D eigenvalue weighted by molar-refractivity contribution is -0.139. The first-order valence-electron chi connectivity index (χ1n) is 11.2. The maximum absolute atomic E-state index is 11.4. The maximum Gasteiger partial charge on any atom is 0.304 e. The van der Waals surface area contributed by atoms with Crippen LogP contribution in [0.15, 0.2) is 54.7 Å². The molecule has 174 valence electrons. The number of nitrogens with zero attached hydrogens (tertiary/aromatic N) is 7. The monoisotopic (exact) mass is 466 g/mol. The first-order valence-corrected chi connectivity index (χ1v) is 11.2. The van der Waals surface area contributed by atoms with E-state index >= 15 is 0 Å². The molecule has 0 bridgehead atoms. The molecule has 3 N–H and O–H groups in total. The molecule has 1 aromatic carbocycles. The van der Waals surface area contributed by atoms with E-state index in [0.717, 1.165) is 36.2 Å². The molecule has 5 rings (SSSR count). The number of carboxylic acids is 1. The standard InChI is InChI=1S/C25H22N8O2/c26-13-16-4-1-5-17(10-16)19-11-20(30-24(27)29-19)21-15-33(32-31-21)14-18-6-2-7-22(28-18)25(8-3-9-25)12-23(34)35/h1-2,4-7,10-11,15H,3,8-9,12,14H2,(H,34,35)(H2,27,29,30). The zero-order valence-electron chi connectivity index (χ0n) is 18.8. The number of rotatable bonds is 7. The summed E-state index contributed by atoms with van der Waals surface area (Å²) >= 11 is 0. The number of carbonyl (C=O) groups is 1. The van der Waals surface area contributed by atoms with Gasteiger partial charge in [0.1, 0.15) is 5.69 Å². The van der Waals surface area contributed by atoms with Crippen molar-refractivity contribution in [2.45, 2.75) is 37.6 Å². The van der Waals surface area contributed by atoms with Gasteiger partial charge in [0.2, 0.25) is 5.95 Å². The van der Waals surface area contributed by atoms with Gasteiger partial charge in [-0.25, -0.2) is 14.6 Å². The Balaban J connectivity index is 1.39. The average molecular weight is 467 g/mol. The van der Waals surface area contributed by atoms with Gasteiger partial charge in [-0.2, -0.15) is 5.26 Å². The third-order valence-electron chi connectivity index (χ3n) is 6.31. The SMILES string of the molecule is N#Cc1cccc(-c2cc(-c3cn(Cc4cccc(C5(CC(=O)O)CCC5)n4)nn3)nc(N)n2)c1. The van der Waals surface area contributed by atoms with Crippen LogP contribution in [0, 0.1) is 11.3 Å². The Labute approximate surface area is 201 Å². The molecule has 35 heavy (non-hydrogen) atoms. The zero-order chi connectivity index (χ0) is 24.4. The van der Waals surface area contributed by atoms with Gasteiger partial charge in [-0.05, 0) is 43.2 Å². The van der Waals surface area contributed by atoms with E-state index in [2.05, 4.69) is 26.3 Å². The topological polar surface area (TPSA) is 156 Å². The van der Waals surface area contributed by atoms with Gasteiger partial charge < -0.3 is 10.8 Å². The van der Waals surface area contributed by atoms with Crippen LogP contribution in [0.5, 0.6) is 0 Å². The predicted octanol–water partition coefficient (Wildman–Crippen LogP) is 3.20. The highest BCUT2D eigenvalue weighted by molar-refractivity contribution is 5.69. The smallest absolute Gasteiger partial charge is 0.304 e. The Morgan fingerprint density at radius 3 is 2.63 bits per heavy atom. The molecule has 0 spiro atoms. The maximum atomic E-state index is 11.4. The number of carboxylic acid groups (broad SMARTS) is 1. The summed E-state index contributed by atoms with van der Waals surface area (Å²) in [5.41, 5.74) is 10.0. The second kappa shape index (κ2) is 8.95. The van der Waals surface area contributed by atoms with Crippen molar-refractivity contribution < 1.29 is 9.90 Å². The molecular formula is C25H22N8O2. The van der Waals surface area contributed by atoms with Gasteiger partial charge in [0.05, 0.1) is 47.9 Å². The largest absolute Gasteiger partial charge is 0.481 e. The van der Waals surface area contributed by atoms with Crippen molar-refractivity contribution in [1.29, 1.82) is 5.26 Å². The number of benzene rings is 1. The minimum Gasteiger partial charge on any atom is -0.481 e. The molecule has 1 saturated carbocycles. The Morgan fingerprint density at radius 1 is 1.09 bits per heavy atom. The molecule has 10 nitrogen and oxygen atoms in total. The van der Waals surface area contributed by atoms with Crippen molar-refractivity contribution in [2.75, 3.05) is 5.73 Å². The van der Waals surface area contributed by atoms with E-state index in [1.54, 1.807) is 35.1 Å². The molecule has 0 aliphatic heterocycles. The fourth-order valence-electron chi connectivity index (χ4n) is 4.43. The first kappa shape index (κ1) is 22.2. The molecule has 4 aromatic rings. The van der Waals surface area contributed by atoms with Crippen molar-refractivity contribution in [1.82, 2.24) is 29.9 Å². The van der Waals surface area contributed by atoms with Gasteiger partial charge in [-0.3, -0.25) is 9.78 Å². The third-order valence-corrected chi connectivity index (χ3v) is 6.31. The molecular weight excluding hydrogens is 444 g/mol. The Bertz CT molecular complexity index is 1450. The quantitative estimate of drug-likeness (QED) is 0.417. The Hall–Kier alpha value is -4.65. The first-order chi connectivity index (χ1) is 16.9. The lowest BCUT2D eigenvalue weighted by atomic mass is 9.64. The highest BCUT2D eigenvalue weighted by atomic mass is 16.4. The molecule has 3 aromatic heterocycles. The minimum absolute atomic E-state index is 0.0890. The summed E-state index contributed by atoms with van der Waals surface area (Å²) in [5, 5.41) is 27.0. The van der Waals surface area contributed by atoms with Crippen molar-refractivity contribution in [2.24, 2.45) is 0 Å². The fourth-order valence-corrected chi connectivity index (χ4v) is 4.43. The summed E-state index contributed by atoms with van der Waals surface area (Å²) < 4.78 is 1.65. The molecule has 0 saturated heterocycles. The number of nitrogen functional groups attached to an aromatic ring is 1. The normalized spacial score (nSPS) is 14.1. The minimum atomic E-state index is -0.805. The van der Waals surface area contributed by atoms with E-state index in [0.29, 0.717) is 29.2 Å². The molecule has 1 aliphatic rings. The lowest BCUT2D eigenvalue weighted by Crippen LogP contribution is -2.37. The lowest BCUT2D eigenvalue weighted by Gasteiger charge is -2.40.